The average Bonchev–Trinajstić information content (AvgIpc) is 3.00. The third-order valence-electron chi connectivity index (χ3n) is 8.69. The lowest BCUT2D eigenvalue weighted by Gasteiger charge is -2.39. The first-order chi connectivity index (χ1) is 17.9. The number of allylic oxidation sites excluding steroid dienone is 2. The van der Waals surface area contributed by atoms with Crippen molar-refractivity contribution in [3.05, 3.63) is 53.5 Å². The molecule has 0 radical (unpaired) electrons. The maximum atomic E-state index is 13.5. The van der Waals surface area contributed by atoms with Crippen LogP contribution in [0.5, 0.6) is 0 Å². The number of ketones is 1. The van der Waals surface area contributed by atoms with Gasteiger partial charge in [0.2, 0.25) is 0 Å². The highest BCUT2D eigenvalue weighted by atomic mass is 32.2. The minimum absolute atomic E-state index is 0.0446. The highest BCUT2D eigenvalue weighted by Crippen LogP contribution is 2.39. The lowest BCUT2D eigenvalue weighted by molar-refractivity contribution is -0.121. The minimum atomic E-state index is -2.03. The quantitative estimate of drug-likeness (QED) is 0.149. The second kappa shape index (κ2) is 14.3. The van der Waals surface area contributed by atoms with Gasteiger partial charge in [0.05, 0.1) is 23.0 Å². The summed E-state index contributed by atoms with van der Waals surface area (Å²) in [6.45, 7) is 23.4. The molecule has 39 heavy (non-hydrogen) atoms. The molecule has 0 aliphatic heterocycles. The standard InChI is InChI=1S/C32H54O4SSi2/c1-31(2,3)38(7,8)35-24-16-17-25(36-39(9,10)32(4,5)6)22-23-28(33)27-20-14-15-21-29(30(27)34)37-26-18-12-11-13-19-26/h11-13,18-19,21-23,25,27-28,33H,14-17,20,24H2,1-10H3. The number of benzene rings is 1. The third-order valence-corrected chi connectivity index (χ3v) is 18.8. The molecule has 0 saturated carbocycles. The summed E-state index contributed by atoms with van der Waals surface area (Å²) in [5.74, 6) is -0.384. The molecule has 220 valence electrons. The van der Waals surface area contributed by atoms with E-state index in [0.29, 0.717) is 6.42 Å². The van der Waals surface area contributed by atoms with Crippen LogP contribution in [0.4, 0.5) is 0 Å². The van der Waals surface area contributed by atoms with Crippen LogP contribution in [0.15, 0.2) is 58.4 Å². The number of carbonyl (C=O) groups is 1. The van der Waals surface area contributed by atoms with E-state index in [4.69, 9.17) is 8.85 Å². The Kier molecular flexibility index (Phi) is 12.5. The van der Waals surface area contributed by atoms with Crippen LogP contribution in [0.25, 0.3) is 0 Å². The SMILES string of the molecule is CC(C)(C)[Si](C)(C)OCCCC(C=CC(O)C1CCCC=C(Sc2ccccc2)C1=O)O[Si](C)(C)C(C)(C)C. The molecular weight excluding hydrogens is 537 g/mol. The summed E-state index contributed by atoms with van der Waals surface area (Å²) in [4.78, 5) is 15.3. The maximum absolute atomic E-state index is 13.5. The Bertz CT molecular complexity index is 974. The van der Waals surface area contributed by atoms with Crippen LogP contribution >= 0.6 is 11.8 Å². The molecule has 1 aliphatic carbocycles. The predicted octanol–water partition coefficient (Wildman–Crippen LogP) is 9.14. The van der Waals surface area contributed by atoms with Crippen molar-refractivity contribution >= 4 is 34.2 Å². The van der Waals surface area contributed by atoms with E-state index in [1.54, 1.807) is 0 Å². The lowest BCUT2D eigenvalue weighted by atomic mass is 9.92. The fraction of sp³-hybridized carbons (Fsp3) is 0.656. The Balaban J connectivity index is 2.12. The largest absolute Gasteiger partial charge is 0.417 e. The smallest absolute Gasteiger partial charge is 0.192 e. The van der Waals surface area contributed by atoms with Gasteiger partial charge in [0.25, 0.3) is 0 Å². The Morgan fingerprint density at radius 1 is 1.00 bits per heavy atom. The Hall–Kier alpha value is -0.966. The van der Waals surface area contributed by atoms with Gasteiger partial charge in [0, 0.05) is 11.5 Å². The number of aliphatic hydroxyl groups is 1. The molecule has 0 aromatic heterocycles. The van der Waals surface area contributed by atoms with E-state index in [9.17, 15) is 9.90 Å². The molecule has 3 unspecified atom stereocenters. The van der Waals surface area contributed by atoms with E-state index in [1.807, 2.05) is 48.6 Å². The molecule has 0 saturated heterocycles. The third kappa shape index (κ3) is 10.4. The summed E-state index contributed by atoms with van der Waals surface area (Å²) in [5, 5.41) is 11.5. The number of hydrogen-bond donors (Lipinski definition) is 1. The molecule has 0 amide bonds. The summed E-state index contributed by atoms with van der Waals surface area (Å²) in [7, 11) is -3.82. The van der Waals surface area contributed by atoms with Crippen molar-refractivity contribution in [3.8, 4) is 0 Å². The second-order valence-electron chi connectivity index (χ2n) is 13.9. The molecule has 0 heterocycles. The van der Waals surface area contributed by atoms with Gasteiger partial charge in [-0.1, -0.05) is 89.7 Å². The Morgan fingerprint density at radius 2 is 1.62 bits per heavy atom. The summed E-state index contributed by atoms with van der Waals surface area (Å²) in [5.41, 5.74) is 0. The molecular formula is C32H54O4SSi2. The molecule has 1 aromatic rings. The molecule has 2 rings (SSSR count). The van der Waals surface area contributed by atoms with Crippen LogP contribution in [0.2, 0.25) is 36.3 Å². The maximum Gasteiger partial charge on any atom is 0.192 e. The Labute approximate surface area is 245 Å². The summed E-state index contributed by atoms with van der Waals surface area (Å²) >= 11 is 1.51. The van der Waals surface area contributed by atoms with Gasteiger partial charge >= 0.3 is 0 Å². The zero-order chi connectivity index (χ0) is 29.5. The van der Waals surface area contributed by atoms with Crippen LogP contribution in [0.1, 0.15) is 73.6 Å². The number of hydrogen-bond acceptors (Lipinski definition) is 5. The highest BCUT2D eigenvalue weighted by Gasteiger charge is 2.39. The van der Waals surface area contributed by atoms with Crippen molar-refractivity contribution in [1.29, 1.82) is 0 Å². The number of rotatable bonds is 12. The van der Waals surface area contributed by atoms with Crippen LogP contribution in [-0.4, -0.2) is 46.3 Å². The number of aliphatic hydroxyl groups excluding tert-OH is 1. The van der Waals surface area contributed by atoms with E-state index in [1.165, 1.54) is 11.8 Å². The summed E-state index contributed by atoms with van der Waals surface area (Å²) in [6, 6.07) is 9.99. The van der Waals surface area contributed by atoms with Crippen LogP contribution < -0.4 is 0 Å². The van der Waals surface area contributed by atoms with Crippen LogP contribution in [-0.2, 0) is 13.6 Å². The predicted molar refractivity (Wildman–Crippen MR) is 172 cm³/mol. The molecule has 0 fully saturated rings. The van der Waals surface area contributed by atoms with Crippen molar-refractivity contribution in [2.45, 2.75) is 127 Å². The average molecular weight is 591 g/mol. The van der Waals surface area contributed by atoms with Gasteiger partial charge < -0.3 is 14.0 Å². The van der Waals surface area contributed by atoms with E-state index in [-0.39, 0.29) is 22.0 Å². The monoisotopic (exact) mass is 590 g/mol. The van der Waals surface area contributed by atoms with E-state index in [0.717, 1.165) is 42.1 Å². The number of Topliss-reactive ketones (excluding diaryl/α,β-unsaturated/α-hetero) is 1. The van der Waals surface area contributed by atoms with Gasteiger partial charge in [-0.05, 0) is 80.5 Å². The number of carbonyl (C=O) groups excluding carboxylic acids is 1. The lowest BCUT2D eigenvalue weighted by Crippen LogP contribution is -2.44. The topological polar surface area (TPSA) is 55.8 Å². The molecule has 1 N–H and O–H groups in total. The molecule has 1 aromatic carbocycles. The van der Waals surface area contributed by atoms with Gasteiger partial charge in [-0.25, -0.2) is 0 Å². The van der Waals surface area contributed by atoms with Crippen molar-refractivity contribution in [1.82, 2.24) is 0 Å². The van der Waals surface area contributed by atoms with Crippen LogP contribution in [0, 0.1) is 5.92 Å². The minimum Gasteiger partial charge on any atom is -0.417 e. The van der Waals surface area contributed by atoms with Gasteiger partial charge in [0.1, 0.15) is 0 Å². The van der Waals surface area contributed by atoms with Crippen LogP contribution in [0.3, 0.4) is 0 Å². The fourth-order valence-electron chi connectivity index (χ4n) is 3.97. The molecule has 1 aliphatic rings. The highest BCUT2D eigenvalue weighted by molar-refractivity contribution is 8.04. The molecule has 3 atom stereocenters. The van der Waals surface area contributed by atoms with Gasteiger partial charge in [0.15, 0.2) is 22.4 Å². The van der Waals surface area contributed by atoms with E-state index >= 15 is 0 Å². The molecule has 7 heteroatoms. The van der Waals surface area contributed by atoms with Crippen molar-refractivity contribution in [3.63, 3.8) is 0 Å². The number of thioether (sulfide) groups is 1. The Morgan fingerprint density at radius 3 is 2.21 bits per heavy atom. The second-order valence-corrected chi connectivity index (χ2v) is 24.6. The fourth-order valence-corrected chi connectivity index (χ4v) is 7.36. The van der Waals surface area contributed by atoms with E-state index < -0.39 is 28.7 Å². The zero-order valence-corrected chi connectivity index (χ0v) is 29.0. The van der Waals surface area contributed by atoms with Gasteiger partial charge in [-0.15, -0.1) is 0 Å². The van der Waals surface area contributed by atoms with Crippen molar-refractivity contribution < 1.29 is 18.8 Å². The zero-order valence-electron chi connectivity index (χ0n) is 26.2. The molecule has 0 bridgehead atoms. The summed E-state index contributed by atoms with van der Waals surface area (Å²) < 4.78 is 13.2. The van der Waals surface area contributed by atoms with Crippen molar-refractivity contribution in [2.75, 3.05) is 6.61 Å². The van der Waals surface area contributed by atoms with E-state index in [2.05, 4.69) is 67.7 Å². The molecule has 4 nitrogen and oxygen atoms in total. The normalized spacial score (nSPS) is 19.6. The first-order valence-corrected chi connectivity index (χ1v) is 21.2. The first kappa shape index (κ1) is 34.2. The summed E-state index contributed by atoms with van der Waals surface area (Å²) in [6.07, 6.45) is 9.12. The van der Waals surface area contributed by atoms with Crippen molar-refractivity contribution in [2.24, 2.45) is 5.92 Å². The van der Waals surface area contributed by atoms with Gasteiger partial charge in [-0.2, -0.15) is 0 Å². The molecule has 0 spiro atoms. The first-order valence-electron chi connectivity index (χ1n) is 14.6. The van der Waals surface area contributed by atoms with Gasteiger partial charge in [-0.3, -0.25) is 4.79 Å².